The van der Waals surface area contributed by atoms with E-state index in [1.54, 1.807) is 7.05 Å². The first-order valence-electron chi connectivity index (χ1n) is 10.1. The summed E-state index contributed by atoms with van der Waals surface area (Å²) in [5, 5.41) is 2.63. The molecule has 5 heteroatoms. The lowest BCUT2D eigenvalue weighted by Crippen LogP contribution is -2.48. The first-order chi connectivity index (χ1) is 13.2. The van der Waals surface area contributed by atoms with Crippen molar-refractivity contribution in [1.29, 1.82) is 0 Å². The number of piperazine rings is 1. The second-order valence-electron chi connectivity index (χ2n) is 7.08. The average molecular weight is 372 g/mol. The van der Waals surface area contributed by atoms with Gasteiger partial charge in [0.1, 0.15) is 0 Å². The van der Waals surface area contributed by atoms with E-state index in [0.29, 0.717) is 12.8 Å². The summed E-state index contributed by atoms with van der Waals surface area (Å²) >= 11 is 0. The van der Waals surface area contributed by atoms with Gasteiger partial charge in [0.25, 0.3) is 0 Å². The van der Waals surface area contributed by atoms with Gasteiger partial charge in [0.15, 0.2) is 0 Å². The molecule has 1 fully saturated rings. The molecule has 1 aromatic rings. The predicted molar refractivity (Wildman–Crippen MR) is 110 cm³/mol. The quantitative estimate of drug-likeness (QED) is 0.644. The topological polar surface area (TPSA) is 52.7 Å². The number of amides is 2. The second-order valence-corrected chi connectivity index (χ2v) is 7.08. The van der Waals surface area contributed by atoms with Crippen LogP contribution in [-0.2, 0) is 9.59 Å². The summed E-state index contributed by atoms with van der Waals surface area (Å²) in [4.78, 5) is 27.9. The van der Waals surface area contributed by atoms with Crippen molar-refractivity contribution in [2.24, 2.45) is 0 Å². The van der Waals surface area contributed by atoms with Crippen molar-refractivity contribution in [2.45, 2.75) is 38.5 Å². The molecule has 1 heterocycles. The molecule has 0 aliphatic carbocycles. The van der Waals surface area contributed by atoms with Gasteiger partial charge in [-0.2, -0.15) is 0 Å². The van der Waals surface area contributed by atoms with Crippen LogP contribution in [0.2, 0.25) is 0 Å². The summed E-state index contributed by atoms with van der Waals surface area (Å²) in [7, 11) is 1.67. The largest absolute Gasteiger partial charge is 0.359 e. The van der Waals surface area contributed by atoms with Gasteiger partial charge in [-0.05, 0) is 18.4 Å². The number of nitrogens with one attached hydrogen (secondary N) is 1. The van der Waals surface area contributed by atoms with Crippen LogP contribution in [0.15, 0.2) is 36.4 Å². The first-order valence-corrected chi connectivity index (χ1v) is 10.1. The molecule has 2 rings (SSSR count). The minimum Gasteiger partial charge on any atom is -0.359 e. The molecule has 0 saturated carbocycles. The highest BCUT2D eigenvalue weighted by Gasteiger charge is 2.19. The summed E-state index contributed by atoms with van der Waals surface area (Å²) in [5.41, 5.74) is 1.22. The number of benzene rings is 1. The molecule has 0 atom stereocenters. The van der Waals surface area contributed by atoms with Crippen LogP contribution in [0.3, 0.4) is 0 Å². The lowest BCUT2D eigenvalue weighted by atomic mass is 10.1. The standard InChI is InChI=1S/C22H33N3O2/c1-23-21(26)13-7-2-3-8-14-22(27)25-18-16-24(17-19-25)15-9-12-20-10-5-4-6-11-20/h4-6,9-12H,2-3,7-8,13-19H2,1H3,(H,23,26)/b12-9+. The first kappa shape index (κ1) is 21.2. The van der Waals surface area contributed by atoms with Crippen molar-refractivity contribution >= 4 is 17.9 Å². The van der Waals surface area contributed by atoms with Crippen LogP contribution in [0.5, 0.6) is 0 Å². The number of unbranched alkanes of at least 4 members (excludes halogenated alkanes) is 3. The third kappa shape index (κ3) is 8.39. The van der Waals surface area contributed by atoms with Crippen LogP contribution >= 0.6 is 0 Å². The number of carbonyl (C=O) groups excluding carboxylic acids is 2. The van der Waals surface area contributed by atoms with Gasteiger partial charge in [-0.15, -0.1) is 0 Å². The highest BCUT2D eigenvalue weighted by molar-refractivity contribution is 5.76. The zero-order valence-electron chi connectivity index (χ0n) is 16.5. The lowest BCUT2D eigenvalue weighted by Gasteiger charge is -2.34. The van der Waals surface area contributed by atoms with E-state index in [1.165, 1.54) is 5.56 Å². The summed E-state index contributed by atoms with van der Waals surface area (Å²) in [6, 6.07) is 10.3. The maximum atomic E-state index is 12.3. The van der Waals surface area contributed by atoms with E-state index in [2.05, 4.69) is 34.5 Å². The molecule has 1 aliphatic heterocycles. The Balaban J connectivity index is 1.55. The molecule has 5 nitrogen and oxygen atoms in total. The smallest absolute Gasteiger partial charge is 0.222 e. The fraction of sp³-hybridized carbons (Fsp3) is 0.545. The zero-order chi connectivity index (χ0) is 19.3. The Morgan fingerprint density at radius 2 is 1.63 bits per heavy atom. The number of hydrogen-bond donors (Lipinski definition) is 1. The molecule has 0 unspecified atom stereocenters. The fourth-order valence-electron chi connectivity index (χ4n) is 3.28. The maximum Gasteiger partial charge on any atom is 0.222 e. The Morgan fingerprint density at radius 1 is 0.963 bits per heavy atom. The van der Waals surface area contributed by atoms with Gasteiger partial charge in [-0.1, -0.05) is 55.3 Å². The van der Waals surface area contributed by atoms with Crippen LogP contribution < -0.4 is 5.32 Å². The second kappa shape index (κ2) is 12.3. The zero-order valence-corrected chi connectivity index (χ0v) is 16.5. The SMILES string of the molecule is CNC(=O)CCCCCCC(=O)N1CCN(C/C=C/c2ccccc2)CC1. The van der Waals surface area contributed by atoms with E-state index >= 15 is 0 Å². The molecular formula is C22H33N3O2. The van der Waals surface area contributed by atoms with Crippen molar-refractivity contribution in [2.75, 3.05) is 39.8 Å². The summed E-state index contributed by atoms with van der Waals surface area (Å²) in [5.74, 6) is 0.378. The Labute approximate surface area is 163 Å². The van der Waals surface area contributed by atoms with Crippen LogP contribution in [0.25, 0.3) is 6.08 Å². The Hall–Kier alpha value is -2.14. The van der Waals surface area contributed by atoms with Crippen molar-refractivity contribution < 1.29 is 9.59 Å². The molecule has 2 amide bonds. The molecule has 0 bridgehead atoms. The molecule has 1 saturated heterocycles. The fourth-order valence-corrected chi connectivity index (χ4v) is 3.28. The molecule has 1 N–H and O–H groups in total. The Kier molecular flexibility index (Phi) is 9.63. The van der Waals surface area contributed by atoms with E-state index in [0.717, 1.165) is 58.4 Å². The van der Waals surface area contributed by atoms with Gasteiger partial charge in [0.05, 0.1) is 0 Å². The van der Waals surface area contributed by atoms with E-state index in [-0.39, 0.29) is 11.8 Å². The molecule has 148 valence electrons. The summed E-state index contributed by atoms with van der Waals surface area (Å²) in [6.07, 6.45) is 9.44. The number of carbonyl (C=O) groups is 2. The highest BCUT2D eigenvalue weighted by Crippen LogP contribution is 2.10. The van der Waals surface area contributed by atoms with Gasteiger partial charge >= 0.3 is 0 Å². The molecule has 0 spiro atoms. The van der Waals surface area contributed by atoms with Crippen molar-refractivity contribution in [3.8, 4) is 0 Å². The molecular weight excluding hydrogens is 338 g/mol. The van der Waals surface area contributed by atoms with Gasteiger partial charge in [0, 0.05) is 52.6 Å². The van der Waals surface area contributed by atoms with Gasteiger partial charge in [-0.25, -0.2) is 0 Å². The third-order valence-electron chi connectivity index (χ3n) is 5.02. The lowest BCUT2D eigenvalue weighted by molar-refractivity contribution is -0.133. The normalized spacial score (nSPS) is 15.2. The van der Waals surface area contributed by atoms with Crippen LogP contribution in [0.4, 0.5) is 0 Å². The van der Waals surface area contributed by atoms with Crippen LogP contribution in [0.1, 0.15) is 44.1 Å². The van der Waals surface area contributed by atoms with Gasteiger partial charge in [0.2, 0.25) is 11.8 Å². The summed E-state index contributed by atoms with van der Waals surface area (Å²) < 4.78 is 0. The number of hydrogen-bond acceptors (Lipinski definition) is 3. The minimum atomic E-state index is 0.0996. The Morgan fingerprint density at radius 3 is 2.30 bits per heavy atom. The van der Waals surface area contributed by atoms with Crippen LogP contribution in [-0.4, -0.2) is 61.4 Å². The third-order valence-corrected chi connectivity index (χ3v) is 5.02. The highest BCUT2D eigenvalue weighted by atomic mass is 16.2. The predicted octanol–water partition coefficient (Wildman–Crippen LogP) is 2.93. The molecule has 1 aromatic carbocycles. The number of rotatable bonds is 10. The molecule has 0 radical (unpaired) electrons. The average Bonchev–Trinajstić information content (AvgIpc) is 2.71. The van der Waals surface area contributed by atoms with E-state index in [1.807, 2.05) is 23.1 Å². The van der Waals surface area contributed by atoms with Crippen molar-refractivity contribution in [3.05, 3.63) is 42.0 Å². The number of nitrogens with zero attached hydrogens (tertiary/aromatic N) is 2. The van der Waals surface area contributed by atoms with Crippen molar-refractivity contribution in [1.82, 2.24) is 15.1 Å². The minimum absolute atomic E-state index is 0.0996. The Bertz CT molecular complexity index is 593. The van der Waals surface area contributed by atoms with Crippen molar-refractivity contribution in [3.63, 3.8) is 0 Å². The molecule has 0 aromatic heterocycles. The van der Waals surface area contributed by atoms with E-state index in [4.69, 9.17) is 0 Å². The monoisotopic (exact) mass is 371 g/mol. The van der Waals surface area contributed by atoms with Gasteiger partial charge in [-0.3, -0.25) is 14.5 Å². The summed E-state index contributed by atoms with van der Waals surface area (Å²) in [6.45, 7) is 4.47. The van der Waals surface area contributed by atoms with Crippen LogP contribution in [0, 0.1) is 0 Å². The maximum absolute atomic E-state index is 12.3. The van der Waals surface area contributed by atoms with Gasteiger partial charge < -0.3 is 10.2 Å². The van der Waals surface area contributed by atoms with E-state index in [9.17, 15) is 9.59 Å². The van der Waals surface area contributed by atoms with E-state index < -0.39 is 0 Å². The molecule has 27 heavy (non-hydrogen) atoms. The molecule has 1 aliphatic rings.